The van der Waals surface area contributed by atoms with Gasteiger partial charge in [-0.15, -0.1) is 0 Å². The molecule has 0 aromatic heterocycles. The van der Waals surface area contributed by atoms with Crippen molar-refractivity contribution in [3.05, 3.63) is 65.2 Å². The number of carbonyl (C=O) groups excluding carboxylic acids is 4. The first kappa shape index (κ1) is 34.4. The van der Waals surface area contributed by atoms with E-state index in [-0.39, 0.29) is 37.1 Å². The smallest absolute Gasteiger partial charge is 0.243 e. The lowest BCUT2D eigenvalue weighted by Gasteiger charge is -2.34. The molecule has 1 unspecified atom stereocenters. The van der Waals surface area contributed by atoms with E-state index in [9.17, 15) is 19.2 Å². The average Bonchev–Trinajstić information content (AvgIpc) is 3.05. The van der Waals surface area contributed by atoms with Gasteiger partial charge in [-0.2, -0.15) is 0 Å². The molecule has 1 saturated carbocycles. The predicted molar refractivity (Wildman–Crippen MR) is 181 cm³/mol. The number of rotatable bonds is 9. The predicted octanol–water partition coefficient (Wildman–Crippen LogP) is 3.40. The normalized spacial score (nSPS) is 23.0. The van der Waals surface area contributed by atoms with Crippen LogP contribution in [0, 0.1) is 18.8 Å². The molecule has 254 valence electrons. The van der Waals surface area contributed by atoms with E-state index in [1.54, 1.807) is 0 Å². The van der Waals surface area contributed by atoms with Gasteiger partial charge in [0.25, 0.3) is 0 Å². The zero-order valence-electron chi connectivity index (χ0n) is 27.7. The molecule has 2 aromatic rings. The number of hydrogen-bond acceptors (Lipinski definition) is 6. The summed E-state index contributed by atoms with van der Waals surface area (Å²) in [7, 11) is 0. The van der Waals surface area contributed by atoms with E-state index in [4.69, 9.17) is 4.74 Å². The summed E-state index contributed by atoms with van der Waals surface area (Å²) in [6.45, 7) is 5.41. The van der Waals surface area contributed by atoms with Gasteiger partial charge in [-0.25, -0.2) is 0 Å². The Morgan fingerprint density at radius 3 is 2.62 bits per heavy atom. The number of ether oxygens (including phenoxy) is 1. The Kier molecular flexibility index (Phi) is 12.7. The van der Waals surface area contributed by atoms with Crippen LogP contribution in [0.5, 0.6) is 5.75 Å². The summed E-state index contributed by atoms with van der Waals surface area (Å²) in [5.74, 6) is 0.400. The Labute approximate surface area is 278 Å². The van der Waals surface area contributed by atoms with E-state index in [2.05, 4.69) is 21.3 Å². The molecule has 4 bridgehead atoms. The van der Waals surface area contributed by atoms with E-state index in [0.29, 0.717) is 50.9 Å². The molecule has 2 heterocycles. The highest BCUT2D eigenvalue weighted by molar-refractivity contribution is 5.95. The molecule has 2 aromatic carbocycles. The molecule has 1 aliphatic carbocycles. The maximum Gasteiger partial charge on any atom is 0.243 e. The van der Waals surface area contributed by atoms with Gasteiger partial charge in [0.15, 0.2) is 0 Å². The van der Waals surface area contributed by atoms with Crippen molar-refractivity contribution in [3.8, 4) is 5.75 Å². The topological polar surface area (TPSA) is 129 Å². The van der Waals surface area contributed by atoms with Crippen LogP contribution in [0.4, 0.5) is 0 Å². The van der Waals surface area contributed by atoms with Crippen LogP contribution in [-0.4, -0.2) is 73.4 Å². The fraction of sp³-hybridized carbons (Fsp3) is 0.568. The molecule has 10 heteroatoms. The van der Waals surface area contributed by atoms with E-state index < -0.39 is 18.0 Å². The first-order valence-corrected chi connectivity index (χ1v) is 17.5. The Morgan fingerprint density at radius 1 is 1.00 bits per heavy atom. The fourth-order valence-corrected chi connectivity index (χ4v) is 6.59. The largest absolute Gasteiger partial charge is 0.494 e. The van der Waals surface area contributed by atoms with Crippen molar-refractivity contribution in [3.63, 3.8) is 0 Å². The summed E-state index contributed by atoms with van der Waals surface area (Å²) in [6.07, 6.45) is 7.37. The third-order valence-corrected chi connectivity index (χ3v) is 9.85. The standard InChI is InChI=1S/C37H51N5O5/c1-26-12-14-31-21-30(26)24-39-36(45)32(15-13-27-7-3-2-4-8-27)41-37(46)33(40-34(43)16-18-38-23-28-9-5-10-28)22-35(44)42-19-6-11-29(25-42)17-20-47-31/h2-4,7-8,12,14,21,28-29,32-33,38H,5-6,9-11,13,15-20,22-25H2,1H3,(H,39,45)(H,40,43)(H,41,46)/t29?,32-,33-/m0/s1. The van der Waals surface area contributed by atoms with Crippen molar-refractivity contribution >= 4 is 23.6 Å². The average molecular weight is 646 g/mol. The first-order chi connectivity index (χ1) is 22.8. The maximum absolute atomic E-state index is 13.9. The molecule has 1 saturated heterocycles. The SMILES string of the molecule is Cc1ccc2cc1CNC(=O)[C@H](CCc1ccccc1)NC(=O)[C@@H](NC(=O)CCNCC1CCC1)CC(=O)N1CCCC(CCO2)C1. The summed E-state index contributed by atoms with van der Waals surface area (Å²) < 4.78 is 6.11. The van der Waals surface area contributed by atoms with Gasteiger partial charge >= 0.3 is 0 Å². The molecular formula is C37H51N5O5. The first-order valence-electron chi connectivity index (χ1n) is 17.5. The summed E-state index contributed by atoms with van der Waals surface area (Å²) in [5, 5.41) is 12.1. The molecule has 0 spiro atoms. The van der Waals surface area contributed by atoms with Gasteiger partial charge < -0.3 is 30.9 Å². The molecular weight excluding hydrogens is 594 g/mol. The van der Waals surface area contributed by atoms with Gasteiger partial charge in [0.1, 0.15) is 17.8 Å². The molecule has 2 aliphatic heterocycles. The minimum Gasteiger partial charge on any atom is -0.494 e. The third kappa shape index (κ3) is 10.5. The van der Waals surface area contributed by atoms with Crippen LogP contribution < -0.4 is 26.0 Å². The molecule has 2 fully saturated rings. The Morgan fingerprint density at radius 2 is 1.83 bits per heavy atom. The van der Waals surface area contributed by atoms with Crippen molar-refractivity contribution in [2.75, 3.05) is 32.8 Å². The number of nitrogens with one attached hydrogen (secondary N) is 4. The lowest BCUT2D eigenvalue weighted by atomic mass is 9.85. The van der Waals surface area contributed by atoms with Crippen LogP contribution in [-0.2, 0) is 32.1 Å². The quantitative estimate of drug-likeness (QED) is 0.310. The Hall–Kier alpha value is -3.92. The monoisotopic (exact) mass is 645 g/mol. The van der Waals surface area contributed by atoms with E-state index in [1.807, 2.05) is 60.4 Å². The van der Waals surface area contributed by atoms with Crippen LogP contribution in [0.3, 0.4) is 0 Å². The minimum absolute atomic E-state index is 0.160. The highest BCUT2D eigenvalue weighted by Crippen LogP contribution is 2.25. The Balaban J connectivity index is 1.33. The number of hydrogen-bond donors (Lipinski definition) is 4. The lowest BCUT2D eigenvalue weighted by molar-refractivity contribution is -0.138. The number of amides is 4. The summed E-state index contributed by atoms with van der Waals surface area (Å²) in [5.41, 5.74) is 3.02. The second-order valence-electron chi connectivity index (χ2n) is 13.5. The summed E-state index contributed by atoms with van der Waals surface area (Å²) >= 11 is 0. The molecule has 3 aliphatic rings. The molecule has 47 heavy (non-hydrogen) atoms. The van der Waals surface area contributed by atoms with Crippen LogP contribution in [0.15, 0.2) is 48.5 Å². The molecule has 0 radical (unpaired) electrons. The second kappa shape index (κ2) is 17.3. The van der Waals surface area contributed by atoms with Gasteiger partial charge in [-0.1, -0.05) is 42.8 Å². The molecule has 10 nitrogen and oxygen atoms in total. The molecule has 3 atom stereocenters. The summed E-state index contributed by atoms with van der Waals surface area (Å²) in [6, 6.07) is 13.7. The maximum atomic E-state index is 13.9. The van der Waals surface area contributed by atoms with Gasteiger partial charge in [-0.3, -0.25) is 19.2 Å². The second-order valence-corrected chi connectivity index (χ2v) is 13.5. The Bertz CT molecular complexity index is 1360. The fourth-order valence-electron chi connectivity index (χ4n) is 6.59. The van der Waals surface area contributed by atoms with Crippen LogP contribution in [0.2, 0.25) is 0 Å². The van der Waals surface area contributed by atoms with Gasteiger partial charge in [-0.05, 0) is 99.1 Å². The highest BCUT2D eigenvalue weighted by Gasteiger charge is 2.32. The highest BCUT2D eigenvalue weighted by atomic mass is 16.5. The summed E-state index contributed by atoms with van der Waals surface area (Å²) in [4.78, 5) is 56.0. The van der Waals surface area contributed by atoms with Crippen molar-refractivity contribution < 1.29 is 23.9 Å². The van der Waals surface area contributed by atoms with Crippen LogP contribution >= 0.6 is 0 Å². The van der Waals surface area contributed by atoms with E-state index >= 15 is 0 Å². The van der Waals surface area contributed by atoms with Crippen molar-refractivity contribution in [1.29, 1.82) is 0 Å². The number of aryl methyl sites for hydroxylation is 2. The van der Waals surface area contributed by atoms with Crippen LogP contribution in [0.1, 0.15) is 74.5 Å². The van der Waals surface area contributed by atoms with Crippen molar-refractivity contribution in [2.24, 2.45) is 11.8 Å². The van der Waals surface area contributed by atoms with E-state index in [0.717, 1.165) is 48.2 Å². The zero-order chi connectivity index (χ0) is 33.0. The van der Waals surface area contributed by atoms with Gasteiger partial charge in [0.05, 0.1) is 13.0 Å². The van der Waals surface area contributed by atoms with Gasteiger partial charge in [0.2, 0.25) is 23.6 Å². The zero-order valence-corrected chi connectivity index (χ0v) is 27.7. The number of nitrogens with zero attached hydrogens (tertiary/aromatic N) is 1. The van der Waals surface area contributed by atoms with Crippen molar-refractivity contribution in [1.82, 2.24) is 26.2 Å². The molecule has 4 N–H and O–H groups in total. The molecule has 5 rings (SSSR count). The minimum atomic E-state index is -1.09. The lowest BCUT2D eigenvalue weighted by Crippen LogP contribution is -2.55. The van der Waals surface area contributed by atoms with Crippen molar-refractivity contribution in [2.45, 2.75) is 89.8 Å². The number of carbonyl (C=O) groups is 4. The number of benzene rings is 2. The van der Waals surface area contributed by atoms with Crippen LogP contribution in [0.25, 0.3) is 0 Å². The number of piperidine rings is 1. The van der Waals surface area contributed by atoms with E-state index in [1.165, 1.54) is 19.3 Å². The molecule has 4 amide bonds. The third-order valence-electron chi connectivity index (χ3n) is 9.85. The number of fused-ring (bicyclic) bond motifs is 4. The van der Waals surface area contributed by atoms with Gasteiger partial charge in [0, 0.05) is 32.6 Å².